The molecule has 7 nitrogen and oxygen atoms in total. The number of benzene rings is 1. The van der Waals surface area contributed by atoms with Gasteiger partial charge in [-0.3, -0.25) is 9.89 Å². The van der Waals surface area contributed by atoms with E-state index in [-0.39, 0.29) is 24.0 Å². The van der Waals surface area contributed by atoms with E-state index in [4.69, 9.17) is 4.99 Å². The lowest BCUT2D eigenvalue weighted by Gasteiger charge is -2.33. The molecule has 0 aliphatic carbocycles. The van der Waals surface area contributed by atoms with Gasteiger partial charge in [-0.25, -0.2) is 0 Å². The second kappa shape index (κ2) is 13.9. The van der Waals surface area contributed by atoms with Crippen LogP contribution in [0.4, 0.5) is 0 Å². The third-order valence-electron chi connectivity index (χ3n) is 6.54. The Kier molecular flexibility index (Phi) is 10.9. The van der Waals surface area contributed by atoms with Crippen LogP contribution in [0.1, 0.15) is 62.7 Å². The second-order valence-electron chi connectivity index (χ2n) is 9.04. The van der Waals surface area contributed by atoms with Crippen molar-refractivity contribution in [2.75, 3.05) is 26.2 Å². The van der Waals surface area contributed by atoms with Crippen LogP contribution in [0.5, 0.6) is 0 Å². The van der Waals surface area contributed by atoms with Crippen LogP contribution in [0.25, 0.3) is 0 Å². The maximum absolute atomic E-state index is 4.85. The largest absolute Gasteiger partial charge is 0.357 e. The summed E-state index contributed by atoms with van der Waals surface area (Å²) in [5.74, 6) is 3.27. The molecule has 8 heteroatoms. The molecule has 2 aromatic rings. The Balaban J connectivity index is 0.00000306. The lowest BCUT2D eigenvalue weighted by atomic mass is 10.0. The zero-order valence-corrected chi connectivity index (χ0v) is 22.3. The molecule has 1 aromatic carbocycles. The van der Waals surface area contributed by atoms with E-state index in [9.17, 15) is 0 Å². The van der Waals surface area contributed by atoms with Crippen LogP contribution < -0.4 is 10.6 Å². The fourth-order valence-electron chi connectivity index (χ4n) is 4.75. The van der Waals surface area contributed by atoms with Crippen molar-refractivity contribution >= 4 is 29.9 Å². The fraction of sp³-hybridized carbons (Fsp3) is 0.640. The number of fused-ring (bicyclic) bond motifs is 1. The second-order valence-corrected chi connectivity index (χ2v) is 9.04. The summed E-state index contributed by atoms with van der Waals surface area (Å²) < 4.78 is 2.35. The number of likely N-dealkylation sites (tertiary alicyclic amines) is 1. The van der Waals surface area contributed by atoms with Crippen LogP contribution in [0.15, 0.2) is 35.3 Å². The first-order valence-electron chi connectivity index (χ1n) is 12.5. The molecule has 2 N–H and O–H groups in total. The standard InChI is InChI=1S/C25H39N7.HI/c1-2-26-25(27-16-9-13-24-30-29-23-12-7-4-8-17-32(23)24)28-22-14-18-31(19-15-22)20-21-10-5-3-6-11-21;/h3,5-6,10-11,22H,2,4,7-9,12-20H2,1H3,(H2,26,27,28);1H. The maximum Gasteiger partial charge on any atom is 0.191 e. The lowest BCUT2D eigenvalue weighted by Crippen LogP contribution is -2.48. The van der Waals surface area contributed by atoms with Crippen molar-refractivity contribution in [3.8, 4) is 0 Å². The van der Waals surface area contributed by atoms with E-state index in [0.717, 1.165) is 83.2 Å². The summed E-state index contributed by atoms with van der Waals surface area (Å²) in [6, 6.07) is 11.3. The number of piperidine rings is 1. The Bertz CT molecular complexity index is 844. The summed E-state index contributed by atoms with van der Waals surface area (Å²) in [6.45, 7) is 8.21. The summed E-state index contributed by atoms with van der Waals surface area (Å²) in [4.78, 5) is 7.40. The smallest absolute Gasteiger partial charge is 0.191 e. The number of guanidine groups is 1. The molecule has 0 spiro atoms. The SMILES string of the molecule is CCNC(=NCCCc1nnc2n1CCCCC2)NC1CCN(Cc2ccccc2)CC1.I. The van der Waals surface area contributed by atoms with E-state index in [0.29, 0.717) is 6.04 Å². The Morgan fingerprint density at radius 1 is 1.06 bits per heavy atom. The van der Waals surface area contributed by atoms with E-state index in [2.05, 4.69) is 67.6 Å². The summed E-state index contributed by atoms with van der Waals surface area (Å²) in [7, 11) is 0. The molecule has 1 aromatic heterocycles. The average Bonchev–Trinajstić information content (AvgIpc) is 3.04. The molecule has 0 atom stereocenters. The number of aromatic nitrogens is 3. The number of nitrogens with one attached hydrogen (secondary N) is 2. The van der Waals surface area contributed by atoms with E-state index in [1.807, 2.05) is 0 Å². The number of halogens is 1. The maximum atomic E-state index is 4.85. The number of rotatable bonds is 8. The number of nitrogens with zero attached hydrogens (tertiary/aromatic N) is 5. The van der Waals surface area contributed by atoms with Crippen molar-refractivity contribution in [2.45, 2.75) is 77.4 Å². The number of aryl methyl sites for hydroxylation is 2. The van der Waals surface area contributed by atoms with Gasteiger partial charge in [-0.1, -0.05) is 36.8 Å². The molecular weight excluding hydrogens is 525 g/mol. The van der Waals surface area contributed by atoms with Crippen molar-refractivity contribution in [3.05, 3.63) is 47.5 Å². The van der Waals surface area contributed by atoms with Gasteiger partial charge >= 0.3 is 0 Å². The molecule has 2 aliphatic heterocycles. The molecule has 2 aliphatic rings. The number of hydrogen-bond donors (Lipinski definition) is 2. The average molecular weight is 566 g/mol. The molecule has 1 fully saturated rings. The third-order valence-corrected chi connectivity index (χ3v) is 6.54. The van der Waals surface area contributed by atoms with Gasteiger partial charge in [0.2, 0.25) is 0 Å². The van der Waals surface area contributed by atoms with Crippen molar-refractivity contribution in [1.82, 2.24) is 30.3 Å². The molecule has 4 rings (SSSR count). The quantitative estimate of drug-likeness (QED) is 0.221. The van der Waals surface area contributed by atoms with Gasteiger partial charge in [0.15, 0.2) is 5.96 Å². The first-order valence-corrected chi connectivity index (χ1v) is 12.5. The van der Waals surface area contributed by atoms with Crippen molar-refractivity contribution in [2.24, 2.45) is 4.99 Å². The molecule has 182 valence electrons. The van der Waals surface area contributed by atoms with E-state index >= 15 is 0 Å². The molecule has 0 amide bonds. The van der Waals surface area contributed by atoms with Gasteiger partial charge in [0, 0.05) is 58.2 Å². The van der Waals surface area contributed by atoms with Crippen molar-refractivity contribution in [1.29, 1.82) is 0 Å². The summed E-state index contributed by atoms with van der Waals surface area (Å²) in [6.07, 6.45) is 9.13. The molecule has 0 unspecified atom stereocenters. The minimum Gasteiger partial charge on any atom is -0.357 e. The predicted molar refractivity (Wildman–Crippen MR) is 145 cm³/mol. The molecule has 0 bridgehead atoms. The van der Waals surface area contributed by atoms with Crippen LogP contribution in [-0.2, 0) is 25.9 Å². The first kappa shape index (κ1) is 25.9. The minimum atomic E-state index is 0. The van der Waals surface area contributed by atoms with E-state index in [1.165, 1.54) is 30.7 Å². The zero-order chi connectivity index (χ0) is 22.0. The normalized spacial score (nSPS) is 17.7. The Morgan fingerprint density at radius 3 is 2.67 bits per heavy atom. The van der Waals surface area contributed by atoms with Gasteiger partial charge in [-0.2, -0.15) is 0 Å². The molecule has 1 saturated heterocycles. The predicted octanol–water partition coefficient (Wildman–Crippen LogP) is 3.77. The van der Waals surface area contributed by atoms with Gasteiger partial charge in [-0.15, -0.1) is 34.2 Å². The summed E-state index contributed by atoms with van der Waals surface area (Å²) in [5.41, 5.74) is 1.40. The first-order chi connectivity index (χ1) is 15.8. The van der Waals surface area contributed by atoms with Gasteiger partial charge in [0.05, 0.1) is 0 Å². The van der Waals surface area contributed by atoms with E-state index < -0.39 is 0 Å². The highest BCUT2D eigenvalue weighted by Gasteiger charge is 2.20. The topological polar surface area (TPSA) is 70.4 Å². The highest BCUT2D eigenvalue weighted by molar-refractivity contribution is 14.0. The summed E-state index contributed by atoms with van der Waals surface area (Å²) in [5, 5.41) is 16.0. The zero-order valence-electron chi connectivity index (χ0n) is 20.0. The summed E-state index contributed by atoms with van der Waals surface area (Å²) >= 11 is 0. The van der Waals surface area contributed by atoms with Gasteiger partial charge in [-0.05, 0) is 44.6 Å². The van der Waals surface area contributed by atoms with Crippen molar-refractivity contribution in [3.63, 3.8) is 0 Å². The molecule has 3 heterocycles. The van der Waals surface area contributed by atoms with Crippen LogP contribution in [-0.4, -0.2) is 57.8 Å². The molecule has 33 heavy (non-hydrogen) atoms. The van der Waals surface area contributed by atoms with E-state index in [1.54, 1.807) is 0 Å². The Hall–Kier alpha value is -1.68. The van der Waals surface area contributed by atoms with Gasteiger partial charge in [0.1, 0.15) is 11.6 Å². The van der Waals surface area contributed by atoms with Gasteiger partial charge in [0.25, 0.3) is 0 Å². The van der Waals surface area contributed by atoms with Gasteiger partial charge < -0.3 is 15.2 Å². The van der Waals surface area contributed by atoms with Crippen LogP contribution in [0.3, 0.4) is 0 Å². The van der Waals surface area contributed by atoms with Crippen molar-refractivity contribution < 1.29 is 0 Å². The minimum absolute atomic E-state index is 0. The fourth-order valence-corrected chi connectivity index (χ4v) is 4.75. The van der Waals surface area contributed by atoms with Crippen LogP contribution >= 0.6 is 24.0 Å². The monoisotopic (exact) mass is 565 g/mol. The molecule has 0 radical (unpaired) electrons. The van der Waals surface area contributed by atoms with Crippen LogP contribution in [0.2, 0.25) is 0 Å². The molecular formula is C25H40IN7. The third kappa shape index (κ3) is 7.95. The number of hydrogen-bond acceptors (Lipinski definition) is 4. The molecule has 0 saturated carbocycles. The lowest BCUT2D eigenvalue weighted by molar-refractivity contribution is 0.198. The number of aliphatic imine (C=N–C) groups is 1. The Labute approximate surface area is 215 Å². The van der Waals surface area contributed by atoms with Crippen LogP contribution in [0, 0.1) is 0 Å². The highest BCUT2D eigenvalue weighted by atomic mass is 127. The Morgan fingerprint density at radius 2 is 1.88 bits per heavy atom. The highest BCUT2D eigenvalue weighted by Crippen LogP contribution is 2.16.